The van der Waals surface area contributed by atoms with Crippen molar-refractivity contribution in [1.82, 2.24) is 4.90 Å². The van der Waals surface area contributed by atoms with Crippen LogP contribution in [0.2, 0.25) is 0 Å². The second-order valence-corrected chi connectivity index (χ2v) is 9.14. The second kappa shape index (κ2) is 7.71. The molecule has 0 atom stereocenters. The molecule has 2 fully saturated rings. The molecule has 1 aliphatic heterocycles. The zero-order valence-electron chi connectivity index (χ0n) is 14.1. The van der Waals surface area contributed by atoms with Gasteiger partial charge in [0.2, 0.25) is 0 Å². The fourth-order valence-electron chi connectivity index (χ4n) is 3.46. The summed E-state index contributed by atoms with van der Waals surface area (Å²) in [4.78, 5) is 15.3. The first-order valence-electron chi connectivity index (χ1n) is 8.75. The van der Waals surface area contributed by atoms with Crippen molar-refractivity contribution in [2.24, 2.45) is 0 Å². The highest BCUT2D eigenvalue weighted by Gasteiger charge is 2.37. The minimum atomic E-state index is 0.0218. The van der Waals surface area contributed by atoms with E-state index in [1.54, 1.807) is 0 Å². The molecule has 4 rings (SSSR count). The fraction of sp³-hybridized carbons (Fsp3) is 0.300. The molecule has 0 spiro atoms. The van der Waals surface area contributed by atoms with Gasteiger partial charge in [0.05, 0.1) is 4.91 Å². The number of benzene rings is 1. The van der Waals surface area contributed by atoms with E-state index in [9.17, 15) is 4.79 Å². The van der Waals surface area contributed by atoms with Crippen LogP contribution in [0, 0.1) is 0 Å². The summed E-state index contributed by atoms with van der Waals surface area (Å²) in [6, 6.07) is 12.0. The lowest BCUT2D eigenvalue weighted by Gasteiger charge is -2.29. The van der Waals surface area contributed by atoms with Crippen LogP contribution in [-0.4, -0.2) is 21.2 Å². The van der Waals surface area contributed by atoms with Crippen LogP contribution in [-0.2, 0) is 4.79 Å². The van der Waals surface area contributed by atoms with E-state index in [4.69, 9.17) is 16.6 Å². The van der Waals surface area contributed by atoms with Gasteiger partial charge in [0.1, 0.15) is 15.8 Å². The highest BCUT2D eigenvalue weighted by Crippen LogP contribution is 2.37. The number of amides is 1. The van der Waals surface area contributed by atoms with Gasteiger partial charge in [0, 0.05) is 22.2 Å². The first-order chi connectivity index (χ1) is 12.6. The first kappa shape index (κ1) is 18.0. The third-order valence-electron chi connectivity index (χ3n) is 4.79. The van der Waals surface area contributed by atoms with Gasteiger partial charge in [0.15, 0.2) is 0 Å². The molecule has 3 nitrogen and oxygen atoms in total. The van der Waals surface area contributed by atoms with Gasteiger partial charge in [-0.25, -0.2) is 0 Å². The van der Waals surface area contributed by atoms with Crippen molar-refractivity contribution in [3.63, 3.8) is 0 Å². The van der Waals surface area contributed by atoms with Crippen molar-refractivity contribution in [1.29, 1.82) is 0 Å². The topological polar surface area (TPSA) is 33.5 Å². The van der Waals surface area contributed by atoms with E-state index in [1.165, 1.54) is 31.0 Å². The fourth-order valence-corrected chi connectivity index (χ4v) is 5.11. The smallest absolute Gasteiger partial charge is 0.266 e. The highest BCUT2D eigenvalue weighted by molar-refractivity contribution is 9.10. The lowest BCUT2D eigenvalue weighted by atomic mass is 9.94. The maximum Gasteiger partial charge on any atom is 0.266 e. The summed E-state index contributed by atoms with van der Waals surface area (Å²) < 4.78 is 7.62. The Bertz CT molecular complexity index is 866. The van der Waals surface area contributed by atoms with Crippen LogP contribution in [0.4, 0.5) is 0 Å². The average molecular weight is 448 g/mol. The van der Waals surface area contributed by atoms with Crippen molar-refractivity contribution in [3.05, 3.63) is 51.5 Å². The van der Waals surface area contributed by atoms with Gasteiger partial charge in [-0.3, -0.25) is 9.69 Å². The monoisotopic (exact) mass is 447 g/mol. The number of rotatable bonds is 3. The third kappa shape index (κ3) is 3.68. The van der Waals surface area contributed by atoms with E-state index < -0.39 is 0 Å². The van der Waals surface area contributed by atoms with E-state index >= 15 is 0 Å². The van der Waals surface area contributed by atoms with Gasteiger partial charge < -0.3 is 4.42 Å². The molecule has 0 unspecified atom stereocenters. The molecule has 1 amide bonds. The van der Waals surface area contributed by atoms with Gasteiger partial charge >= 0.3 is 0 Å². The summed E-state index contributed by atoms with van der Waals surface area (Å²) in [5.74, 6) is 1.48. The van der Waals surface area contributed by atoms with Crippen molar-refractivity contribution in [2.75, 3.05) is 0 Å². The maximum absolute atomic E-state index is 12.8. The summed E-state index contributed by atoms with van der Waals surface area (Å²) in [5, 5.41) is 0. The zero-order valence-corrected chi connectivity index (χ0v) is 17.3. The number of furan rings is 1. The molecule has 2 aromatic rings. The molecule has 0 bridgehead atoms. The molecule has 1 saturated carbocycles. The summed E-state index contributed by atoms with van der Waals surface area (Å²) in [6.45, 7) is 0. The molecule has 134 valence electrons. The van der Waals surface area contributed by atoms with E-state index in [-0.39, 0.29) is 11.9 Å². The van der Waals surface area contributed by atoms with Gasteiger partial charge in [-0.05, 0) is 37.1 Å². The Labute approximate surface area is 171 Å². The molecule has 2 aliphatic rings. The minimum Gasteiger partial charge on any atom is -0.457 e. The highest BCUT2D eigenvalue weighted by atomic mass is 79.9. The number of nitrogens with zero attached hydrogens (tertiary/aromatic N) is 1. The SMILES string of the molecule is O=C1/C(=C/c2ccc(-c3ccc(Br)cc3)o2)SC(=S)N1C1CCCCC1. The van der Waals surface area contributed by atoms with Crippen LogP contribution in [0.3, 0.4) is 0 Å². The summed E-state index contributed by atoms with van der Waals surface area (Å²) >= 11 is 10.3. The predicted molar refractivity (Wildman–Crippen MR) is 114 cm³/mol. The predicted octanol–water partition coefficient (Wildman–Crippen LogP) is 6.24. The lowest BCUT2D eigenvalue weighted by Crippen LogP contribution is -2.39. The number of thioether (sulfide) groups is 1. The molecule has 0 N–H and O–H groups in total. The Morgan fingerprint density at radius 2 is 1.85 bits per heavy atom. The standard InChI is InChI=1S/C20H18BrNO2S2/c21-14-8-6-13(7-9-14)17-11-10-16(24-17)12-18-19(23)22(20(25)26-18)15-4-2-1-3-5-15/h6-12,15H,1-5H2/b18-12-. The van der Waals surface area contributed by atoms with E-state index in [1.807, 2.05) is 47.4 Å². The van der Waals surface area contributed by atoms with Crippen LogP contribution in [0.25, 0.3) is 17.4 Å². The number of hydrogen-bond donors (Lipinski definition) is 0. The van der Waals surface area contributed by atoms with Gasteiger partial charge in [0.25, 0.3) is 5.91 Å². The molecule has 1 aliphatic carbocycles. The van der Waals surface area contributed by atoms with Gasteiger partial charge in [-0.2, -0.15) is 0 Å². The molecule has 26 heavy (non-hydrogen) atoms. The number of carbonyl (C=O) groups excluding carboxylic acids is 1. The molecule has 1 saturated heterocycles. The molecule has 0 radical (unpaired) electrons. The Morgan fingerprint density at radius 3 is 2.58 bits per heavy atom. The summed E-state index contributed by atoms with van der Waals surface area (Å²) in [7, 11) is 0. The number of thiocarbonyl (C=S) groups is 1. The second-order valence-electron chi connectivity index (χ2n) is 6.55. The molecular formula is C20H18BrNO2S2. The number of carbonyl (C=O) groups is 1. The Morgan fingerprint density at radius 1 is 1.12 bits per heavy atom. The molecular weight excluding hydrogens is 430 g/mol. The van der Waals surface area contributed by atoms with Crippen molar-refractivity contribution in [3.8, 4) is 11.3 Å². The molecule has 6 heteroatoms. The molecule has 1 aromatic carbocycles. The van der Waals surface area contributed by atoms with Gasteiger partial charge in [-0.1, -0.05) is 71.3 Å². The summed E-state index contributed by atoms with van der Waals surface area (Å²) in [6.07, 6.45) is 7.52. The molecule has 1 aromatic heterocycles. The first-order valence-corrected chi connectivity index (χ1v) is 10.8. The van der Waals surface area contributed by atoms with Crippen LogP contribution in [0.15, 0.2) is 50.2 Å². The van der Waals surface area contributed by atoms with Crippen LogP contribution < -0.4 is 0 Å². The number of hydrogen-bond acceptors (Lipinski definition) is 4. The quantitative estimate of drug-likeness (QED) is 0.411. The summed E-state index contributed by atoms with van der Waals surface area (Å²) in [5.41, 5.74) is 1.00. The Balaban J connectivity index is 1.54. The van der Waals surface area contributed by atoms with E-state index in [0.717, 1.165) is 28.6 Å². The molecule has 2 heterocycles. The Kier molecular flexibility index (Phi) is 5.34. The zero-order chi connectivity index (χ0) is 18.1. The maximum atomic E-state index is 12.8. The Hall–Kier alpha value is -1.37. The average Bonchev–Trinajstić information content (AvgIpc) is 3.21. The van der Waals surface area contributed by atoms with Crippen molar-refractivity contribution >= 4 is 56.2 Å². The minimum absolute atomic E-state index is 0.0218. The number of halogens is 1. The van der Waals surface area contributed by atoms with E-state index in [0.29, 0.717) is 15.0 Å². The van der Waals surface area contributed by atoms with Crippen LogP contribution >= 0.6 is 39.9 Å². The van der Waals surface area contributed by atoms with Crippen molar-refractivity contribution in [2.45, 2.75) is 38.1 Å². The van der Waals surface area contributed by atoms with Crippen molar-refractivity contribution < 1.29 is 9.21 Å². The largest absolute Gasteiger partial charge is 0.457 e. The lowest BCUT2D eigenvalue weighted by molar-refractivity contribution is -0.124. The normalized spacial score (nSPS) is 20.3. The van der Waals surface area contributed by atoms with Crippen LogP contribution in [0.5, 0.6) is 0 Å². The van der Waals surface area contributed by atoms with Crippen LogP contribution in [0.1, 0.15) is 37.9 Å². The van der Waals surface area contributed by atoms with E-state index in [2.05, 4.69) is 15.9 Å². The van der Waals surface area contributed by atoms with Gasteiger partial charge in [-0.15, -0.1) is 0 Å². The third-order valence-corrected chi connectivity index (χ3v) is 6.65.